The zero-order valence-corrected chi connectivity index (χ0v) is 10.5. The summed E-state index contributed by atoms with van der Waals surface area (Å²) in [7, 11) is -3.73. The van der Waals surface area contributed by atoms with E-state index in [1.165, 1.54) is 18.2 Å². The first kappa shape index (κ1) is 13.0. The second-order valence-electron chi connectivity index (χ2n) is 4.49. The summed E-state index contributed by atoms with van der Waals surface area (Å²) in [6.45, 7) is 2.35. The predicted octanol–water partition coefficient (Wildman–Crippen LogP) is 0.452. The SMILES string of the molecule is CC1(NS(=O)(=O)c2cccc(C(=O)O)c2)COC1. The number of hydrogen-bond donors (Lipinski definition) is 2. The van der Waals surface area contributed by atoms with Crippen LogP contribution >= 0.6 is 0 Å². The Hall–Kier alpha value is -1.44. The van der Waals surface area contributed by atoms with Gasteiger partial charge in [0, 0.05) is 0 Å². The lowest BCUT2D eigenvalue weighted by Crippen LogP contribution is -2.59. The minimum absolute atomic E-state index is 0.0597. The zero-order valence-electron chi connectivity index (χ0n) is 9.71. The fraction of sp³-hybridized carbons (Fsp3) is 0.364. The summed E-state index contributed by atoms with van der Waals surface area (Å²) in [5.41, 5.74) is -0.675. The highest BCUT2D eigenvalue weighted by molar-refractivity contribution is 7.89. The third-order valence-corrected chi connectivity index (χ3v) is 4.25. The van der Waals surface area contributed by atoms with Gasteiger partial charge in [-0.3, -0.25) is 0 Å². The molecule has 0 amide bonds. The number of carboxylic acids is 1. The minimum atomic E-state index is -3.73. The molecule has 0 bridgehead atoms. The molecule has 0 unspecified atom stereocenters. The molecule has 1 aliphatic rings. The first-order valence-corrected chi connectivity index (χ1v) is 6.76. The van der Waals surface area contributed by atoms with E-state index in [4.69, 9.17) is 9.84 Å². The number of aromatic carboxylic acids is 1. The summed E-state index contributed by atoms with van der Waals surface area (Å²) in [4.78, 5) is 10.7. The van der Waals surface area contributed by atoms with Crippen molar-refractivity contribution in [3.8, 4) is 0 Å². The number of rotatable bonds is 4. The second kappa shape index (κ2) is 4.34. The first-order chi connectivity index (χ1) is 8.32. The van der Waals surface area contributed by atoms with Gasteiger partial charge in [-0.15, -0.1) is 0 Å². The number of carboxylic acid groups (broad SMARTS) is 1. The number of nitrogens with one attached hydrogen (secondary N) is 1. The van der Waals surface area contributed by atoms with Crippen LogP contribution in [0.2, 0.25) is 0 Å². The number of ether oxygens (including phenoxy) is 1. The summed E-state index contributed by atoms with van der Waals surface area (Å²) in [6.07, 6.45) is 0. The smallest absolute Gasteiger partial charge is 0.335 e. The third-order valence-electron chi connectivity index (χ3n) is 2.61. The quantitative estimate of drug-likeness (QED) is 0.829. The van der Waals surface area contributed by atoms with Gasteiger partial charge < -0.3 is 9.84 Å². The number of carbonyl (C=O) groups is 1. The van der Waals surface area contributed by atoms with E-state index in [2.05, 4.69) is 4.72 Å². The summed E-state index contributed by atoms with van der Waals surface area (Å²) < 4.78 is 31.6. The molecule has 1 heterocycles. The van der Waals surface area contributed by atoms with Crippen molar-refractivity contribution >= 4 is 16.0 Å². The van der Waals surface area contributed by atoms with Gasteiger partial charge in [0.15, 0.2) is 0 Å². The fourth-order valence-corrected chi connectivity index (χ4v) is 3.07. The van der Waals surface area contributed by atoms with E-state index in [1.54, 1.807) is 6.92 Å². The van der Waals surface area contributed by atoms with E-state index >= 15 is 0 Å². The molecule has 0 aromatic heterocycles. The summed E-state index contributed by atoms with van der Waals surface area (Å²) >= 11 is 0. The molecule has 0 atom stereocenters. The Morgan fingerprint density at radius 3 is 2.61 bits per heavy atom. The maximum Gasteiger partial charge on any atom is 0.335 e. The average Bonchev–Trinajstić information content (AvgIpc) is 2.26. The molecule has 2 N–H and O–H groups in total. The molecule has 7 heteroatoms. The van der Waals surface area contributed by atoms with Crippen molar-refractivity contribution in [2.45, 2.75) is 17.4 Å². The molecule has 2 rings (SSSR count). The Morgan fingerprint density at radius 1 is 1.44 bits per heavy atom. The Balaban J connectivity index is 2.29. The highest BCUT2D eigenvalue weighted by atomic mass is 32.2. The van der Waals surface area contributed by atoms with E-state index in [0.29, 0.717) is 13.2 Å². The Labute approximate surface area is 105 Å². The maximum atomic E-state index is 12.1. The summed E-state index contributed by atoms with van der Waals surface area (Å²) in [5.74, 6) is -1.16. The van der Waals surface area contributed by atoms with Gasteiger partial charge in [-0.05, 0) is 25.1 Å². The molecule has 0 radical (unpaired) electrons. The van der Waals surface area contributed by atoms with Gasteiger partial charge in [-0.2, -0.15) is 0 Å². The van der Waals surface area contributed by atoms with Gasteiger partial charge in [0.1, 0.15) is 0 Å². The van der Waals surface area contributed by atoms with Crippen LogP contribution in [-0.4, -0.2) is 38.2 Å². The van der Waals surface area contributed by atoms with Crippen molar-refractivity contribution in [2.75, 3.05) is 13.2 Å². The van der Waals surface area contributed by atoms with E-state index in [9.17, 15) is 13.2 Å². The molecular formula is C11H13NO5S. The first-order valence-electron chi connectivity index (χ1n) is 5.28. The number of hydrogen-bond acceptors (Lipinski definition) is 4. The van der Waals surface area contributed by atoms with Gasteiger partial charge >= 0.3 is 5.97 Å². The van der Waals surface area contributed by atoms with Gasteiger partial charge in [0.05, 0.1) is 29.2 Å². The van der Waals surface area contributed by atoms with Crippen molar-refractivity contribution in [1.82, 2.24) is 4.72 Å². The molecule has 1 aromatic rings. The number of sulfonamides is 1. The summed E-state index contributed by atoms with van der Waals surface area (Å²) in [5, 5.41) is 8.83. The lowest BCUT2D eigenvalue weighted by molar-refractivity contribution is -0.0523. The van der Waals surface area contributed by atoms with Crippen LogP contribution in [0.3, 0.4) is 0 Å². The van der Waals surface area contributed by atoms with Crippen molar-refractivity contribution in [3.63, 3.8) is 0 Å². The van der Waals surface area contributed by atoms with Crippen LogP contribution in [0.5, 0.6) is 0 Å². The fourth-order valence-electron chi connectivity index (χ4n) is 1.65. The maximum absolute atomic E-state index is 12.1. The van der Waals surface area contributed by atoms with Crippen LogP contribution in [0.4, 0.5) is 0 Å². The van der Waals surface area contributed by atoms with Gasteiger partial charge in [0.25, 0.3) is 0 Å². The van der Waals surface area contributed by atoms with Gasteiger partial charge in [0.2, 0.25) is 10.0 Å². The minimum Gasteiger partial charge on any atom is -0.478 e. The van der Waals surface area contributed by atoms with Crippen LogP contribution in [0, 0.1) is 0 Å². The summed E-state index contributed by atoms with van der Waals surface area (Å²) in [6, 6.07) is 5.23. The molecular weight excluding hydrogens is 258 g/mol. The molecule has 0 aliphatic carbocycles. The van der Waals surface area contributed by atoms with Crippen LogP contribution in [0.1, 0.15) is 17.3 Å². The Bertz CT molecular complexity index is 577. The van der Waals surface area contributed by atoms with Crippen molar-refractivity contribution in [2.24, 2.45) is 0 Å². The normalized spacial score (nSPS) is 18.1. The van der Waals surface area contributed by atoms with Gasteiger partial charge in [-0.1, -0.05) is 6.07 Å². The Morgan fingerprint density at radius 2 is 2.11 bits per heavy atom. The molecule has 18 heavy (non-hydrogen) atoms. The van der Waals surface area contributed by atoms with Crippen molar-refractivity contribution in [1.29, 1.82) is 0 Å². The molecule has 1 aliphatic heterocycles. The molecule has 1 fully saturated rings. The van der Waals surface area contributed by atoms with Crippen molar-refractivity contribution in [3.05, 3.63) is 29.8 Å². The van der Waals surface area contributed by atoms with Crippen LogP contribution in [-0.2, 0) is 14.8 Å². The molecule has 1 saturated heterocycles. The lowest BCUT2D eigenvalue weighted by Gasteiger charge is -2.38. The third kappa shape index (κ3) is 2.53. The van der Waals surface area contributed by atoms with Crippen LogP contribution < -0.4 is 4.72 Å². The van der Waals surface area contributed by atoms with E-state index < -0.39 is 21.5 Å². The molecule has 98 valence electrons. The van der Waals surface area contributed by atoms with Crippen LogP contribution in [0.15, 0.2) is 29.2 Å². The highest BCUT2D eigenvalue weighted by Gasteiger charge is 2.37. The molecule has 0 saturated carbocycles. The average molecular weight is 271 g/mol. The molecule has 6 nitrogen and oxygen atoms in total. The predicted molar refractivity (Wildman–Crippen MR) is 62.9 cm³/mol. The monoisotopic (exact) mass is 271 g/mol. The largest absolute Gasteiger partial charge is 0.478 e. The zero-order chi connectivity index (χ0) is 13.4. The van der Waals surface area contributed by atoms with E-state index in [1.807, 2.05) is 0 Å². The van der Waals surface area contributed by atoms with Crippen LogP contribution in [0.25, 0.3) is 0 Å². The highest BCUT2D eigenvalue weighted by Crippen LogP contribution is 2.20. The topological polar surface area (TPSA) is 92.7 Å². The standard InChI is InChI=1S/C11H13NO5S/c1-11(6-17-7-11)12-18(15,16)9-4-2-3-8(5-9)10(13)14/h2-5,12H,6-7H2,1H3,(H,13,14). The number of benzene rings is 1. The lowest BCUT2D eigenvalue weighted by atomic mass is 10.0. The second-order valence-corrected chi connectivity index (χ2v) is 6.17. The molecule has 1 aromatic carbocycles. The Kier molecular flexibility index (Phi) is 3.14. The van der Waals surface area contributed by atoms with E-state index in [0.717, 1.165) is 6.07 Å². The van der Waals surface area contributed by atoms with Crippen molar-refractivity contribution < 1.29 is 23.1 Å². The van der Waals surface area contributed by atoms with E-state index in [-0.39, 0.29) is 10.5 Å². The van der Waals surface area contributed by atoms with Gasteiger partial charge in [-0.25, -0.2) is 17.9 Å². The molecule has 0 spiro atoms.